The Morgan fingerprint density at radius 1 is 1.28 bits per heavy atom. The van der Waals surface area contributed by atoms with E-state index in [0.29, 0.717) is 22.1 Å². The zero-order chi connectivity index (χ0) is 18.0. The average Bonchev–Trinajstić information content (AvgIpc) is 2.88. The number of benzene rings is 2. The SMILES string of the molecule is CCc1cccc(N2C(=O)/C(=C\c3ccc(OC)c(F)c3)NC2=S)c1. The molecular formula is C19H17FN2O2S. The summed E-state index contributed by atoms with van der Waals surface area (Å²) in [4.78, 5) is 14.2. The van der Waals surface area contributed by atoms with E-state index in [1.54, 1.807) is 12.1 Å². The Kier molecular flexibility index (Phi) is 4.81. The third-order valence-corrected chi connectivity index (χ3v) is 4.23. The van der Waals surface area contributed by atoms with Gasteiger partial charge in [-0.2, -0.15) is 0 Å². The predicted molar refractivity (Wildman–Crippen MR) is 100.0 cm³/mol. The number of hydrogen-bond donors (Lipinski definition) is 1. The molecule has 1 aliphatic heterocycles. The highest BCUT2D eigenvalue weighted by Crippen LogP contribution is 2.25. The van der Waals surface area contributed by atoms with Crippen LogP contribution in [-0.2, 0) is 11.2 Å². The fourth-order valence-electron chi connectivity index (χ4n) is 2.62. The molecule has 0 unspecified atom stereocenters. The van der Waals surface area contributed by atoms with Gasteiger partial charge in [0.05, 0.1) is 12.8 Å². The second-order valence-electron chi connectivity index (χ2n) is 5.55. The van der Waals surface area contributed by atoms with Gasteiger partial charge >= 0.3 is 0 Å². The maximum Gasteiger partial charge on any atom is 0.281 e. The first-order valence-corrected chi connectivity index (χ1v) is 8.24. The van der Waals surface area contributed by atoms with Gasteiger partial charge in [0.25, 0.3) is 5.91 Å². The van der Waals surface area contributed by atoms with Crippen molar-refractivity contribution in [1.82, 2.24) is 5.32 Å². The second kappa shape index (κ2) is 7.03. The molecule has 0 aromatic heterocycles. The van der Waals surface area contributed by atoms with Crippen molar-refractivity contribution in [2.24, 2.45) is 0 Å². The minimum Gasteiger partial charge on any atom is -0.494 e. The lowest BCUT2D eigenvalue weighted by Crippen LogP contribution is -2.30. The van der Waals surface area contributed by atoms with E-state index in [2.05, 4.69) is 5.32 Å². The van der Waals surface area contributed by atoms with Gasteiger partial charge in [0, 0.05) is 0 Å². The molecule has 1 amide bonds. The van der Waals surface area contributed by atoms with Gasteiger partial charge in [-0.15, -0.1) is 0 Å². The van der Waals surface area contributed by atoms with Crippen LogP contribution in [0.15, 0.2) is 48.2 Å². The van der Waals surface area contributed by atoms with Crippen molar-refractivity contribution >= 4 is 35.0 Å². The molecule has 1 aliphatic rings. The number of ether oxygens (including phenoxy) is 1. The summed E-state index contributed by atoms with van der Waals surface area (Å²) >= 11 is 5.30. The molecule has 0 bridgehead atoms. The number of hydrogen-bond acceptors (Lipinski definition) is 3. The van der Waals surface area contributed by atoms with Crippen LogP contribution in [0.5, 0.6) is 5.75 Å². The van der Waals surface area contributed by atoms with Crippen LogP contribution in [0.1, 0.15) is 18.1 Å². The number of nitrogens with one attached hydrogen (secondary N) is 1. The van der Waals surface area contributed by atoms with Gasteiger partial charge in [0.2, 0.25) is 0 Å². The van der Waals surface area contributed by atoms with Crippen LogP contribution >= 0.6 is 12.2 Å². The number of amides is 1. The molecule has 1 saturated heterocycles. The molecule has 0 saturated carbocycles. The second-order valence-corrected chi connectivity index (χ2v) is 5.93. The van der Waals surface area contributed by atoms with Gasteiger partial charge in [0.15, 0.2) is 16.7 Å². The van der Waals surface area contributed by atoms with Crippen LogP contribution in [0.3, 0.4) is 0 Å². The summed E-state index contributed by atoms with van der Waals surface area (Å²) in [5.41, 5.74) is 2.67. The summed E-state index contributed by atoms with van der Waals surface area (Å²) in [5.74, 6) is -0.603. The number of thiocarbonyl (C=S) groups is 1. The Bertz CT molecular complexity index is 879. The first-order chi connectivity index (χ1) is 12.0. The van der Waals surface area contributed by atoms with Crippen LogP contribution in [0.25, 0.3) is 6.08 Å². The molecule has 0 aliphatic carbocycles. The highest BCUT2D eigenvalue weighted by Gasteiger charge is 2.32. The van der Waals surface area contributed by atoms with Crippen LogP contribution in [-0.4, -0.2) is 18.1 Å². The summed E-state index contributed by atoms with van der Waals surface area (Å²) in [6.45, 7) is 2.05. The maximum atomic E-state index is 13.8. The summed E-state index contributed by atoms with van der Waals surface area (Å²) in [7, 11) is 1.40. The summed E-state index contributed by atoms with van der Waals surface area (Å²) in [6, 6.07) is 12.2. The fraction of sp³-hybridized carbons (Fsp3) is 0.158. The van der Waals surface area contributed by atoms with E-state index in [4.69, 9.17) is 17.0 Å². The Morgan fingerprint density at radius 3 is 2.76 bits per heavy atom. The van der Waals surface area contributed by atoms with Crippen molar-refractivity contribution < 1.29 is 13.9 Å². The van der Waals surface area contributed by atoms with Gasteiger partial charge < -0.3 is 10.1 Å². The molecule has 0 atom stereocenters. The van der Waals surface area contributed by atoms with Crippen LogP contribution < -0.4 is 15.0 Å². The van der Waals surface area contributed by atoms with E-state index in [9.17, 15) is 9.18 Å². The lowest BCUT2D eigenvalue weighted by Gasteiger charge is -2.14. The minimum atomic E-state index is -0.489. The van der Waals surface area contributed by atoms with Gasteiger partial charge in [-0.3, -0.25) is 9.69 Å². The molecule has 128 valence electrons. The number of carbonyl (C=O) groups is 1. The van der Waals surface area contributed by atoms with Crippen LogP contribution in [0, 0.1) is 5.82 Å². The van der Waals surface area contributed by atoms with Gasteiger partial charge in [-0.1, -0.05) is 25.1 Å². The molecule has 0 radical (unpaired) electrons. The largest absolute Gasteiger partial charge is 0.494 e. The van der Waals surface area contributed by atoms with E-state index < -0.39 is 5.82 Å². The lowest BCUT2D eigenvalue weighted by molar-refractivity contribution is -0.113. The van der Waals surface area contributed by atoms with Crippen LogP contribution in [0.2, 0.25) is 0 Å². The molecular weight excluding hydrogens is 339 g/mol. The zero-order valence-corrected chi connectivity index (χ0v) is 14.7. The van der Waals surface area contributed by atoms with Crippen molar-refractivity contribution in [2.75, 3.05) is 12.0 Å². The van der Waals surface area contributed by atoms with Gasteiger partial charge in [0.1, 0.15) is 5.70 Å². The van der Waals surface area contributed by atoms with Crippen molar-refractivity contribution in [3.8, 4) is 5.75 Å². The molecule has 6 heteroatoms. The number of aryl methyl sites for hydroxylation is 1. The first-order valence-electron chi connectivity index (χ1n) is 7.83. The predicted octanol–water partition coefficient (Wildman–Crippen LogP) is 3.66. The smallest absolute Gasteiger partial charge is 0.281 e. The maximum absolute atomic E-state index is 13.8. The molecule has 1 N–H and O–H groups in total. The number of nitrogens with zero attached hydrogens (tertiary/aromatic N) is 1. The quantitative estimate of drug-likeness (QED) is 0.671. The Hall–Kier alpha value is -2.73. The van der Waals surface area contributed by atoms with Gasteiger partial charge in [-0.25, -0.2) is 4.39 Å². The number of rotatable bonds is 4. The van der Waals surface area contributed by atoms with E-state index in [1.807, 2.05) is 31.2 Å². The minimum absolute atomic E-state index is 0.154. The van der Waals surface area contributed by atoms with E-state index in [1.165, 1.54) is 24.1 Å². The Balaban J connectivity index is 1.91. The normalized spacial score (nSPS) is 15.6. The van der Waals surface area contributed by atoms with E-state index >= 15 is 0 Å². The molecule has 1 heterocycles. The molecule has 1 fully saturated rings. The first kappa shape index (κ1) is 17.1. The van der Waals surface area contributed by atoms with Crippen molar-refractivity contribution in [3.63, 3.8) is 0 Å². The molecule has 2 aromatic rings. The number of methoxy groups -OCH3 is 1. The average molecular weight is 356 g/mol. The number of anilines is 1. The number of halogens is 1. The third kappa shape index (κ3) is 3.39. The third-order valence-electron chi connectivity index (χ3n) is 3.94. The summed E-state index contributed by atoms with van der Waals surface area (Å²) in [6.07, 6.45) is 2.44. The molecule has 0 spiro atoms. The molecule has 4 nitrogen and oxygen atoms in total. The highest BCUT2D eigenvalue weighted by atomic mass is 32.1. The summed E-state index contributed by atoms with van der Waals surface area (Å²) < 4.78 is 18.7. The summed E-state index contributed by atoms with van der Waals surface area (Å²) in [5, 5.41) is 3.21. The standard InChI is InChI=1S/C19H17FN2O2S/c1-3-12-5-4-6-14(9-12)22-18(23)16(21-19(22)25)11-13-7-8-17(24-2)15(20)10-13/h4-11H,3H2,1-2H3,(H,21,25)/b16-11+. The number of carbonyl (C=O) groups excluding carboxylic acids is 1. The molecule has 2 aromatic carbocycles. The molecule has 3 rings (SSSR count). The van der Waals surface area contributed by atoms with Gasteiger partial charge in [-0.05, 0) is 60.1 Å². The lowest BCUT2D eigenvalue weighted by atomic mass is 10.1. The zero-order valence-electron chi connectivity index (χ0n) is 13.9. The molecule has 25 heavy (non-hydrogen) atoms. The van der Waals surface area contributed by atoms with Crippen molar-refractivity contribution in [3.05, 3.63) is 65.1 Å². The van der Waals surface area contributed by atoms with Crippen molar-refractivity contribution in [2.45, 2.75) is 13.3 Å². The highest BCUT2D eigenvalue weighted by molar-refractivity contribution is 7.80. The Labute approximate surface area is 150 Å². The van der Waals surface area contributed by atoms with E-state index in [0.717, 1.165) is 12.0 Å². The van der Waals surface area contributed by atoms with Crippen molar-refractivity contribution in [1.29, 1.82) is 0 Å². The Morgan fingerprint density at radius 2 is 2.08 bits per heavy atom. The fourth-order valence-corrected chi connectivity index (χ4v) is 2.92. The topological polar surface area (TPSA) is 41.6 Å². The van der Waals surface area contributed by atoms with E-state index in [-0.39, 0.29) is 11.7 Å². The monoisotopic (exact) mass is 356 g/mol. The van der Waals surface area contributed by atoms with Crippen LogP contribution in [0.4, 0.5) is 10.1 Å².